The van der Waals surface area contributed by atoms with E-state index >= 15 is 0 Å². The molecule has 1 aromatic carbocycles. The molecular formula is C17H20ClNO3. The number of hydrogen-bond acceptors (Lipinski definition) is 3. The van der Waals surface area contributed by atoms with Crippen LogP contribution in [0.15, 0.2) is 36.4 Å². The Labute approximate surface area is 135 Å². The van der Waals surface area contributed by atoms with Crippen molar-refractivity contribution in [2.45, 2.75) is 38.8 Å². The molecule has 0 heterocycles. The van der Waals surface area contributed by atoms with E-state index in [9.17, 15) is 9.59 Å². The van der Waals surface area contributed by atoms with E-state index in [1.54, 1.807) is 13.0 Å². The number of rotatable bonds is 5. The fraction of sp³-hybridized carbons (Fsp3) is 0.412. The first-order chi connectivity index (χ1) is 10.6. The molecule has 0 bridgehead atoms. The fourth-order valence-electron chi connectivity index (χ4n) is 2.30. The van der Waals surface area contributed by atoms with E-state index in [1.807, 2.05) is 24.3 Å². The van der Waals surface area contributed by atoms with Gasteiger partial charge < -0.3 is 10.1 Å². The van der Waals surface area contributed by atoms with Gasteiger partial charge in [0, 0.05) is 11.6 Å². The average molecular weight is 322 g/mol. The van der Waals surface area contributed by atoms with Crippen LogP contribution in [0.2, 0.25) is 5.02 Å². The zero-order valence-electron chi connectivity index (χ0n) is 12.5. The first-order valence-electron chi connectivity index (χ1n) is 7.44. The van der Waals surface area contributed by atoms with Gasteiger partial charge in [-0.25, -0.2) is 0 Å². The highest BCUT2D eigenvalue weighted by atomic mass is 35.5. The van der Waals surface area contributed by atoms with Gasteiger partial charge in [0.1, 0.15) is 0 Å². The molecule has 2 atom stereocenters. The number of ether oxygens (including phenoxy) is 1. The topological polar surface area (TPSA) is 55.4 Å². The minimum Gasteiger partial charge on any atom is -0.452 e. The number of carbonyl (C=O) groups is 2. The Hall–Kier alpha value is -1.81. The molecule has 0 fully saturated rings. The van der Waals surface area contributed by atoms with E-state index < -0.39 is 6.10 Å². The summed E-state index contributed by atoms with van der Waals surface area (Å²) < 4.78 is 5.25. The van der Waals surface area contributed by atoms with Crippen LogP contribution in [0.5, 0.6) is 0 Å². The lowest BCUT2D eigenvalue weighted by atomic mass is 9.95. The SMILES string of the molecule is C[C@H](OC(=O)[C@@H]1CC=CCC1)C(=O)NCc1ccccc1Cl. The number of amides is 1. The normalized spacial score (nSPS) is 18.5. The highest BCUT2D eigenvalue weighted by Gasteiger charge is 2.24. The van der Waals surface area contributed by atoms with Gasteiger partial charge in [-0.05, 0) is 37.8 Å². The van der Waals surface area contributed by atoms with Crippen LogP contribution in [-0.4, -0.2) is 18.0 Å². The molecule has 1 N–H and O–H groups in total. The highest BCUT2D eigenvalue weighted by molar-refractivity contribution is 6.31. The molecule has 1 aliphatic rings. The molecule has 0 radical (unpaired) electrons. The van der Waals surface area contributed by atoms with Crippen LogP contribution in [0.1, 0.15) is 31.7 Å². The predicted molar refractivity (Wildman–Crippen MR) is 85.3 cm³/mol. The Morgan fingerprint density at radius 3 is 2.82 bits per heavy atom. The van der Waals surface area contributed by atoms with Crippen LogP contribution in [0.25, 0.3) is 0 Å². The predicted octanol–water partition coefficient (Wildman–Crippen LogP) is 3.24. The van der Waals surface area contributed by atoms with Crippen molar-refractivity contribution in [3.8, 4) is 0 Å². The summed E-state index contributed by atoms with van der Waals surface area (Å²) in [5.74, 6) is -0.756. The molecule has 0 saturated carbocycles. The van der Waals surface area contributed by atoms with Crippen LogP contribution in [0.3, 0.4) is 0 Å². The van der Waals surface area contributed by atoms with Crippen molar-refractivity contribution < 1.29 is 14.3 Å². The second kappa shape index (κ2) is 7.99. The minimum atomic E-state index is -0.805. The van der Waals surface area contributed by atoms with Gasteiger partial charge in [-0.15, -0.1) is 0 Å². The molecule has 1 aliphatic carbocycles. The summed E-state index contributed by atoms with van der Waals surface area (Å²) in [6, 6.07) is 7.29. The molecule has 1 aromatic rings. The van der Waals surface area contributed by atoms with Gasteiger partial charge in [-0.1, -0.05) is 42.0 Å². The molecule has 0 spiro atoms. The molecule has 5 heteroatoms. The maximum atomic E-state index is 12.0. The third-order valence-corrected chi connectivity index (χ3v) is 4.04. The maximum absolute atomic E-state index is 12.0. The van der Waals surface area contributed by atoms with Crippen molar-refractivity contribution in [2.75, 3.05) is 0 Å². The summed E-state index contributed by atoms with van der Waals surface area (Å²) in [5, 5.41) is 3.33. The number of hydrogen-bond donors (Lipinski definition) is 1. The third-order valence-electron chi connectivity index (χ3n) is 3.68. The number of nitrogens with one attached hydrogen (secondary N) is 1. The molecule has 0 aliphatic heterocycles. The number of allylic oxidation sites excluding steroid dienone is 2. The molecular weight excluding hydrogens is 302 g/mol. The largest absolute Gasteiger partial charge is 0.452 e. The zero-order chi connectivity index (χ0) is 15.9. The quantitative estimate of drug-likeness (QED) is 0.669. The maximum Gasteiger partial charge on any atom is 0.310 e. The zero-order valence-corrected chi connectivity index (χ0v) is 13.3. The van der Waals surface area contributed by atoms with E-state index in [-0.39, 0.29) is 17.8 Å². The van der Waals surface area contributed by atoms with Crippen LogP contribution >= 0.6 is 11.6 Å². The molecule has 0 unspecified atom stereocenters. The van der Waals surface area contributed by atoms with Crippen molar-refractivity contribution in [3.05, 3.63) is 47.0 Å². The molecule has 0 saturated heterocycles. The third kappa shape index (κ3) is 4.60. The molecule has 4 nitrogen and oxygen atoms in total. The summed E-state index contributed by atoms with van der Waals surface area (Å²) in [6.07, 6.45) is 5.59. The number of esters is 1. The number of carbonyl (C=O) groups excluding carboxylic acids is 2. The van der Waals surface area contributed by atoms with Gasteiger partial charge in [0.25, 0.3) is 5.91 Å². The smallest absolute Gasteiger partial charge is 0.310 e. The monoisotopic (exact) mass is 321 g/mol. The van der Waals surface area contributed by atoms with Gasteiger partial charge in [0.2, 0.25) is 0 Å². The van der Waals surface area contributed by atoms with E-state index in [4.69, 9.17) is 16.3 Å². The Kier molecular flexibility index (Phi) is 6.01. The van der Waals surface area contributed by atoms with Gasteiger partial charge in [-0.2, -0.15) is 0 Å². The van der Waals surface area contributed by atoms with Crippen molar-refractivity contribution in [1.82, 2.24) is 5.32 Å². The fourth-order valence-corrected chi connectivity index (χ4v) is 2.50. The van der Waals surface area contributed by atoms with Crippen molar-refractivity contribution >= 4 is 23.5 Å². The summed E-state index contributed by atoms with van der Waals surface area (Å²) in [5.41, 5.74) is 0.827. The van der Waals surface area contributed by atoms with Gasteiger partial charge in [0.15, 0.2) is 6.10 Å². The van der Waals surface area contributed by atoms with E-state index in [2.05, 4.69) is 11.4 Å². The lowest BCUT2D eigenvalue weighted by Gasteiger charge is -2.19. The van der Waals surface area contributed by atoms with E-state index in [1.165, 1.54) is 0 Å². The van der Waals surface area contributed by atoms with E-state index in [0.29, 0.717) is 18.0 Å². The molecule has 118 valence electrons. The highest BCUT2D eigenvalue weighted by Crippen LogP contribution is 2.20. The van der Waals surface area contributed by atoms with Crippen LogP contribution in [0, 0.1) is 5.92 Å². The first kappa shape index (κ1) is 16.6. The minimum absolute atomic E-state index is 0.135. The summed E-state index contributed by atoms with van der Waals surface area (Å²) in [6.45, 7) is 1.89. The van der Waals surface area contributed by atoms with Crippen molar-refractivity contribution in [2.24, 2.45) is 5.92 Å². The summed E-state index contributed by atoms with van der Waals surface area (Å²) in [7, 11) is 0. The Balaban J connectivity index is 1.80. The van der Waals surface area contributed by atoms with Crippen molar-refractivity contribution in [1.29, 1.82) is 0 Å². The lowest BCUT2D eigenvalue weighted by molar-refractivity contribution is -0.159. The summed E-state index contributed by atoms with van der Waals surface area (Å²) >= 11 is 6.03. The van der Waals surface area contributed by atoms with Gasteiger partial charge in [0.05, 0.1) is 5.92 Å². The molecule has 2 rings (SSSR count). The first-order valence-corrected chi connectivity index (χ1v) is 7.82. The Bertz CT molecular complexity index is 571. The van der Waals surface area contributed by atoms with Crippen molar-refractivity contribution in [3.63, 3.8) is 0 Å². The number of halogens is 1. The summed E-state index contributed by atoms with van der Waals surface area (Å²) in [4.78, 5) is 24.0. The second-order valence-corrected chi connectivity index (χ2v) is 5.78. The van der Waals surface area contributed by atoms with Crippen LogP contribution in [-0.2, 0) is 20.9 Å². The molecule has 22 heavy (non-hydrogen) atoms. The average Bonchev–Trinajstić information content (AvgIpc) is 2.54. The van der Waals surface area contributed by atoms with Gasteiger partial charge in [-0.3, -0.25) is 9.59 Å². The van der Waals surface area contributed by atoms with Crippen LogP contribution < -0.4 is 5.32 Å². The Morgan fingerprint density at radius 2 is 2.14 bits per heavy atom. The standard InChI is InChI=1S/C17H20ClNO3/c1-12(22-17(21)13-7-3-2-4-8-13)16(20)19-11-14-9-5-6-10-15(14)18/h2-3,5-6,9-10,12-13H,4,7-8,11H2,1H3,(H,19,20)/t12-,13+/m0/s1. The number of benzene rings is 1. The lowest BCUT2D eigenvalue weighted by Crippen LogP contribution is -2.37. The Morgan fingerprint density at radius 1 is 1.36 bits per heavy atom. The second-order valence-electron chi connectivity index (χ2n) is 5.37. The molecule has 0 aromatic heterocycles. The van der Waals surface area contributed by atoms with Gasteiger partial charge >= 0.3 is 5.97 Å². The van der Waals surface area contributed by atoms with Crippen LogP contribution in [0.4, 0.5) is 0 Å². The van der Waals surface area contributed by atoms with E-state index in [0.717, 1.165) is 18.4 Å². The molecule has 1 amide bonds.